The SMILES string of the molecule is Cc1cccc(-c2cc(C)ccc2C(=O)O)c1. The monoisotopic (exact) mass is 226 g/mol. The largest absolute Gasteiger partial charge is 0.478 e. The van der Waals surface area contributed by atoms with E-state index in [1.54, 1.807) is 6.07 Å². The lowest BCUT2D eigenvalue weighted by Gasteiger charge is -2.08. The number of carboxylic acid groups (broad SMARTS) is 1. The van der Waals surface area contributed by atoms with E-state index in [-0.39, 0.29) is 0 Å². The maximum Gasteiger partial charge on any atom is 0.336 e. The van der Waals surface area contributed by atoms with Crippen molar-refractivity contribution in [2.75, 3.05) is 0 Å². The van der Waals surface area contributed by atoms with Crippen LogP contribution in [0.4, 0.5) is 0 Å². The highest BCUT2D eigenvalue weighted by atomic mass is 16.4. The van der Waals surface area contributed by atoms with Gasteiger partial charge in [-0.3, -0.25) is 0 Å². The Balaban J connectivity index is 2.65. The molecule has 86 valence electrons. The third kappa shape index (κ3) is 2.36. The second-order valence-electron chi connectivity index (χ2n) is 4.22. The van der Waals surface area contributed by atoms with Crippen molar-refractivity contribution in [3.63, 3.8) is 0 Å². The van der Waals surface area contributed by atoms with Crippen LogP contribution in [0.2, 0.25) is 0 Å². The second-order valence-corrected chi connectivity index (χ2v) is 4.22. The number of benzene rings is 2. The lowest BCUT2D eigenvalue weighted by Crippen LogP contribution is -1.99. The van der Waals surface area contributed by atoms with E-state index in [0.717, 1.165) is 22.3 Å². The average molecular weight is 226 g/mol. The van der Waals surface area contributed by atoms with Gasteiger partial charge in [0.05, 0.1) is 5.56 Å². The fourth-order valence-corrected chi connectivity index (χ4v) is 1.90. The minimum Gasteiger partial charge on any atom is -0.478 e. The third-order valence-corrected chi connectivity index (χ3v) is 2.73. The molecule has 2 aromatic rings. The number of hydrogen-bond acceptors (Lipinski definition) is 1. The van der Waals surface area contributed by atoms with Gasteiger partial charge in [0.25, 0.3) is 0 Å². The maximum absolute atomic E-state index is 11.2. The van der Waals surface area contributed by atoms with Crippen molar-refractivity contribution in [2.45, 2.75) is 13.8 Å². The van der Waals surface area contributed by atoms with Gasteiger partial charge in [-0.15, -0.1) is 0 Å². The smallest absolute Gasteiger partial charge is 0.336 e. The molecule has 0 aromatic heterocycles. The van der Waals surface area contributed by atoms with Gasteiger partial charge in [-0.25, -0.2) is 4.79 Å². The van der Waals surface area contributed by atoms with Gasteiger partial charge in [0.15, 0.2) is 0 Å². The van der Waals surface area contributed by atoms with Gasteiger partial charge in [-0.05, 0) is 31.0 Å². The van der Waals surface area contributed by atoms with Gasteiger partial charge < -0.3 is 5.11 Å². The Morgan fingerprint density at radius 2 is 1.71 bits per heavy atom. The van der Waals surface area contributed by atoms with Crippen LogP contribution in [0.25, 0.3) is 11.1 Å². The summed E-state index contributed by atoms with van der Waals surface area (Å²) in [6.45, 7) is 3.96. The number of aryl methyl sites for hydroxylation is 2. The van der Waals surface area contributed by atoms with Crippen LogP contribution in [0, 0.1) is 13.8 Å². The molecule has 2 aromatic carbocycles. The summed E-state index contributed by atoms with van der Waals surface area (Å²) in [4.78, 5) is 11.2. The Bertz CT molecular complexity index is 571. The van der Waals surface area contributed by atoms with Crippen molar-refractivity contribution in [3.8, 4) is 11.1 Å². The predicted molar refractivity (Wildman–Crippen MR) is 68.3 cm³/mol. The molecule has 0 radical (unpaired) electrons. The first-order chi connectivity index (χ1) is 8.08. The van der Waals surface area contributed by atoms with E-state index >= 15 is 0 Å². The Hall–Kier alpha value is -2.09. The zero-order valence-corrected chi connectivity index (χ0v) is 9.90. The number of carbonyl (C=O) groups is 1. The standard InChI is InChI=1S/C15H14O2/c1-10-4-3-5-12(8-10)14-9-11(2)6-7-13(14)15(16)17/h3-9H,1-2H3,(H,16,17). The van der Waals surface area contributed by atoms with Crippen LogP contribution in [0.5, 0.6) is 0 Å². The summed E-state index contributed by atoms with van der Waals surface area (Å²) in [5.74, 6) is -0.887. The topological polar surface area (TPSA) is 37.3 Å². The van der Waals surface area contributed by atoms with Crippen LogP contribution in [-0.4, -0.2) is 11.1 Å². The Morgan fingerprint density at radius 3 is 2.35 bits per heavy atom. The summed E-state index contributed by atoms with van der Waals surface area (Å²) < 4.78 is 0. The Labute approximate surface area is 101 Å². The summed E-state index contributed by atoms with van der Waals surface area (Å²) in [5, 5.41) is 9.19. The van der Waals surface area contributed by atoms with Gasteiger partial charge >= 0.3 is 5.97 Å². The maximum atomic E-state index is 11.2. The summed E-state index contributed by atoms with van der Waals surface area (Å²) in [5.41, 5.74) is 4.26. The highest BCUT2D eigenvalue weighted by molar-refractivity contribution is 5.96. The minimum absolute atomic E-state index is 0.348. The molecule has 0 spiro atoms. The van der Waals surface area contributed by atoms with Crippen LogP contribution in [0.3, 0.4) is 0 Å². The molecule has 2 rings (SSSR count). The van der Waals surface area contributed by atoms with Gasteiger partial charge in [-0.1, -0.05) is 47.5 Å². The highest BCUT2D eigenvalue weighted by Crippen LogP contribution is 2.25. The zero-order valence-electron chi connectivity index (χ0n) is 9.90. The highest BCUT2D eigenvalue weighted by Gasteiger charge is 2.11. The van der Waals surface area contributed by atoms with Crippen LogP contribution >= 0.6 is 0 Å². The molecule has 0 saturated heterocycles. The van der Waals surface area contributed by atoms with Crippen LogP contribution in [0.15, 0.2) is 42.5 Å². The Morgan fingerprint density at radius 1 is 1.00 bits per heavy atom. The quantitative estimate of drug-likeness (QED) is 0.848. The first-order valence-electron chi connectivity index (χ1n) is 5.49. The molecule has 1 N–H and O–H groups in total. The van der Waals surface area contributed by atoms with E-state index in [1.165, 1.54) is 0 Å². The van der Waals surface area contributed by atoms with E-state index in [4.69, 9.17) is 0 Å². The lowest BCUT2D eigenvalue weighted by molar-refractivity contribution is 0.0697. The molecule has 0 fully saturated rings. The van der Waals surface area contributed by atoms with E-state index < -0.39 is 5.97 Å². The molecule has 0 heterocycles. The van der Waals surface area contributed by atoms with Gasteiger partial charge in [0, 0.05) is 0 Å². The van der Waals surface area contributed by atoms with E-state index in [9.17, 15) is 9.90 Å². The summed E-state index contributed by atoms with van der Waals surface area (Å²) in [6.07, 6.45) is 0. The van der Waals surface area contributed by atoms with Gasteiger partial charge in [0.1, 0.15) is 0 Å². The van der Waals surface area contributed by atoms with Crippen molar-refractivity contribution >= 4 is 5.97 Å². The zero-order chi connectivity index (χ0) is 12.4. The lowest BCUT2D eigenvalue weighted by atomic mass is 9.96. The van der Waals surface area contributed by atoms with Gasteiger partial charge in [-0.2, -0.15) is 0 Å². The summed E-state index contributed by atoms with van der Waals surface area (Å²) in [7, 11) is 0. The second kappa shape index (κ2) is 4.42. The van der Waals surface area contributed by atoms with Crippen LogP contribution < -0.4 is 0 Å². The molecule has 0 bridgehead atoms. The van der Waals surface area contributed by atoms with Crippen molar-refractivity contribution in [1.82, 2.24) is 0 Å². The molecule has 0 aliphatic heterocycles. The normalized spacial score (nSPS) is 10.2. The molecule has 2 nitrogen and oxygen atoms in total. The van der Waals surface area contributed by atoms with E-state index in [1.807, 2.05) is 50.2 Å². The summed E-state index contributed by atoms with van der Waals surface area (Å²) in [6, 6.07) is 13.3. The third-order valence-electron chi connectivity index (χ3n) is 2.73. The molecule has 0 atom stereocenters. The van der Waals surface area contributed by atoms with Crippen molar-refractivity contribution in [3.05, 3.63) is 59.2 Å². The molecule has 2 heteroatoms. The van der Waals surface area contributed by atoms with Crippen molar-refractivity contribution in [2.24, 2.45) is 0 Å². The van der Waals surface area contributed by atoms with Gasteiger partial charge in [0.2, 0.25) is 0 Å². The molecular formula is C15H14O2. The Kier molecular flexibility index (Phi) is 2.96. The van der Waals surface area contributed by atoms with E-state index in [2.05, 4.69) is 0 Å². The number of rotatable bonds is 2. The van der Waals surface area contributed by atoms with Crippen LogP contribution in [0.1, 0.15) is 21.5 Å². The first kappa shape index (κ1) is 11.4. The van der Waals surface area contributed by atoms with Crippen molar-refractivity contribution in [1.29, 1.82) is 0 Å². The molecule has 0 aliphatic rings. The first-order valence-corrected chi connectivity index (χ1v) is 5.49. The predicted octanol–water partition coefficient (Wildman–Crippen LogP) is 3.67. The molecule has 17 heavy (non-hydrogen) atoms. The number of aromatic carboxylic acids is 1. The fourth-order valence-electron chi connectivity index (χ4n) is 1.90. The average Bonchev–Trinajstić information content (AvgIpc) is 2.28. The fraction of sp³-hybridized carbons (Fsp3) is 0.133. The number of hydrogen-bond donors (Lipinski definition) is 1. The molecule has 0 saturated carbocycles. The molecule has 0 aliphatic carbocycles. The van der Waals surface area contributed by atoms with Crippen LogP contribution in [-0.2, 0) is 0 Å². The summed E-state index contributed by atoms with van der Waals surface area (Å²) >= 11 is 0. The number of carboxylic acids is 1. The molecular weight excluding hydrogens is 212 g/mol. The van der Waals surface area contributed by atoms with Crippen molar-refractivity contribution < 1.29 is 9.90 Å². The van der Waals surface area contributed by atoms with E-state index in [0.29, 0.717) is 5.56 Å². The molecule has 0 amide bonds. The molecule has 0 unspecified atom stereocenters. The minimum atomic E-state index is -0.887.